The smallest absolute Gasteiger partial charge is 0.0502 e. The molecule has 1 fully saturated rings. The van der Waals surface area contributed by atoms with Crippen LogP contribution in [0.2, 0.25) is 10.0 Å². The molecule has 1 aliphatic heterocycles. The number of hydrogen-bond donors (Lipinski definition) is 1. The van der Waals surface area contributed by atoms with Gasteiger partial charge in [-0.25, -0.2) is 0 Å². The molecule has 2 nitrogen and oxygen atoms in total. The first-order valence-electron chi connectivity index (χ1n) is 8.20. The van der Waals surface area contributed by atoms with Gasteiger partial charge in [0.25, 0.3) is 0 Å². The molecule has 0 bridgehead atoms. The summed E-state index contributed by atoms with van der Waals surface area (Å²) in [4.78, 5) is 2.46. The van der Waals surface area contributed by atoms with Crippen molar-refractivity contribution in [2.75, 3.05) is 19.8 Å². The van der Waals surface area contributed by atoms with Gasteiger partial charge in [0.05, 0.1) is 10.0 Å². The van der Waals surface area contributed by atoms with E-state index in [0.29, 0.717) is 10.0 Å². The Balaban J connectivity index is 1.65. The van der Waals surface area contributed by atoms with Gasteiger partial charge in [-0.2, -0.15) is 0 Å². The van der Waals surface area contributed by atoms with Crippen molar-refractivity contribution >= 4 is 23.2 Å². The Kier molecular flexibility index (Phi) is 5.96. The van der Waals surface area contributed by atoms with E-state index in [0.717, 1.165) is 29.9 Å². The van der Waals surface area contributed by atoms with Gasteiger partial charge in [-0.3, -0.25) is 4.90 Å². The lowest BCUT2D eigenvalue weighted by atomic mass is 10.0. The molecule has 0 amide bonds. The Morgan fingerprint density at radius 2 is 1.57 bits per heavy atom. The van der Waals surface area contributed by atoms with Crippen LogP contribution in [0, 0.1) is 0 Å². The molecule has 1 N–H and O–H groups in total. The Hall–Kier alpha value is -1.06. The molecule has 0 aromatic heterocycles. The van der Waals surface area contributed by atoms with Crippen LogP contribution in [-0.2, 0) is 6.54 Å². The summed E-state index contributed by atoms with van der Waals surface area (Å²) >= 11 is 12.9. The molecule has 2 aromatic carbocycles. The molecule has 4 heteroatoms. The number of piperidine rings is 1. The van der Waals surface area contributed by atoms with E-state index in [4.69, 9.17) is 23.2 Å². The van der Waals surface area contributed by atoms with E-state index in [2.05, 4.69) is 10.2 Å². The maximum Gasteiger partial charge on any atom is 0.0502 e. The molecule has 0 aliphatic carbocycles. The number of benzene rings is 2. The summed E-state index contributed by atoms with van der Waals surface area (Å²) in [6, 6.07) is 14.1. The number of rotatable bonds is 5. The second-order valence-corrected chi connectivity index (χ2v) is 6.88. The molecular weight excluding hydrogens is 327 g/mol. The highest BCUT2D eigenvalue weighted by Crippen LogP contribution is 2.35. The first-order valence-corrected chi connectivity index (χ1v) is 8.96. The van der Waals surface area contributed by atoms with Crippen LogP contribution < -0.4 is 5.32 Å². The van der Waals surface area contributed by atoms with Gasteiger partial charge in [0, 0.05) is 18.8 Å². The van der Waals surface area contributed by atoms with Gasteiger partial charge in [0.2, 0.25) is 0 Å². The summed E-state index contributed by atoms with van der Waals surface area (Å²) < 4.78 is 0. The standard InChI is InChI=1S/C19H22Cl2N2/c20-17-11-15(13-22-14-23-9-5-2-6-10-23)12-18(21)19(17)16-7-3-1-4-8-16/h1,3-4,7-8,11-12,22H,2,5-6,9-10,13-14H2. The van der Waals surface area contributed by atoms with Crippen molar-refractivity contribution in [1.82, 2.24) is 10.2 Å². The minimum Gasteiger partial charge on any atom is -0.300 e. The number of nitrogens with one attached hydrogen (secondary N) is 1. The second kappa shape index (κ2) is 8.16. The van der Waals surface area contributed by atoms with Gasteiger partial charge in [0.1, 0.15) is 0 Å². The SMILES string of the molecule is Clc1cc(CNCN2CCCCC2)cc(Cl)c1-c1ccccc1. The molecule has 0 spiro atoms. The predicted molar refractivity (Wildman–Crippen MR) is 99.0 cm³/mol. The molecule has 3 rings (SSSR count). The van der Waals surface area contributed by atoms with Gasteiger partial charge in [-0.1, -0.05) is 60.0 Å². The van der Waals surface area contributed by atoms with E-state index < -0.39 is 0 Å². The molecule has 1 heterocycles. The van der Waals surface area contributed by atoms with Crippen molar-refractivity contribution in [3.63, 3.8) is 0 Å². The highest BCUT2D eigenvalue weighted by Gasteiger charge is 2.12. The zero-order chi connectivity index (χ0) is 16.1. The fourth-order valence-electron chi connectivity index (χ4n) is 3.08. The van der Waals surface area contributed by atoms with Crippen molar-refractivity contribution in [3.05, 3.63) is 58.1 Å². The zero-order valence-electron chi connectivity index (χ0n) is 13.2. The molecule has 0 unspecified atom stereocenters. The van der Waals surface area contributed by atoms with Crippen LogP contribution in [-0.4, -0.2) is 24.7 Å². The fourth-order valence-corrected chi connectivity index (χ4v) is 3.83. The number of nitrogens with zero attached hydrogens (tertiary/aromatic N) is 1. The summed E-state index contributed by atoms with van der Waals surface area (Å²) in [6.45, 7) is 4.10. The normalized spacial score (nSPS) is 15.7. The second-order valence-electron chi connectivity index (χ2n) is 6.06. The lowest BCUT2D eigenvalue weighted by Crippen LogP contribution is -2.37. The number of halogens is 2. The largest absolute Gasteiger partial charge is 0.300 e. The van der Waals surface area contributed by atoms with Crippen LogP contribution in [0.4, 0.5) is 0 Å². The number of hydrogen-bond acceptors (Lipinski definition) is 2. The van der Waals surface area contributed by atoms with Crippen molar-refractivity contribution in [1.29, 1.82) is 0 Å². The van der Waals surface area contributed by atoms with Gasteiger partial charge in [0.15, 0.2) is 0 Å². The summed E-state index contributed by atoms with van der Waals surface area (Å²) in [7, 11) is 0. The van der Waals surface area contributed by atoms with E-state index in [1.54, 1.807) is 0 Å². The molecule has 0 atom stereocenters. The van der Waals surface area contributed by atoms with Gasteiger partial charge < -0.3 is 5.32 Å². The van der Waals surface area contributed by atoms with E-state index in [1.165, 1.54) is 32.4 Å². The molecule has 23 heavy (non-hydrogen) atoms. The van der Waals surface area contributed by atoms with E-state index in [1.807, 2.05) is 42.5 Å². The Morgan fingerprint density at radius 3 is 2.22 bits per heavy atom. The average Bonchev–Trinajstić information content (AvgIpc) is 2.56. The summed E-state index contributed by atoms with van der Waals surface area (Å²) in [5.41, 5.74) is 3.08. The number of likely N-dealkylation sites (tertiary alicyclic amines) is 1. The Bertz CT molecular complexity index is 614. The first-order chi connectivity index (χ1) is 11.2. The maximum absolute atomic E-state index is 6.47. The van der Waals surface area contributed by atoms with Crippen LogP contribution in [0.25, 0.3) is 11.1 Å². The average molecular weight is 349 g/mol. The maximum atomic E-state index is 6.47. The molecule has 1 aliphatic rings. The van der Waals surface area contributed by atoms with Crippen molar-refractivity contribution in [3.8, 4) is 11.1 Å². The predicted octanol–water partition coefficient (Wildman–Crippen LogP) is 5.19. The molecular formula is C19H22Cl2N2. The highest BCUT2D eigenvalue weighted by molar-refractivity contribution is 6.39. The quantitative estimate of drug-likeness (QED) is 0.799. The third kappa shape index (κ3) is 4.48. The molecule has 2 aromatic rings. The minimum atomic E-state index is 0.707. The zero-order valence-corrected chi connectivity index (χ0v) is 14.7. The Morgan fingerprint density at radius 1 is 0.913 bits per heavy atom. The van der Waals surface area contributed by atoms with Crippen LogP contribution in [0.5, 0.6) is 0 Å². The van der Waals surface area contributed by atoms with E-state index in [9.17, 15) is 0 Å². The third-order valence-electron chi connectivity index (χ3n) is 4.28. The minimum absolute atomic E-state index is 0.707. The first kappa shape index (κ1) is 16.8. The summed E-state index contributed by atoms with van der Waals surface area (Å²) in [5, 5.41) is 4.91. The summed E-state index contributed by atoms with van der Waals surface area (Å²) in [6.07, 6.45) is 3.99. The van der Waals surface area contributed by atoms with Crippen LogP contribution in [0.3, 0.4) is 0 Å². The van der Waals surface area contributed by atoms with Crippen LogP contribution in [0.15, 0.2) is 42.5 Å². The molecule has 0 saturated carbocycles. The van der Waals surface area contributed by atoms with E-state index >= 15 is 0 Å². The Labute approximate surface area is 148 Å². The van der Waals surface area contributed by atoms with Crippen LogP contribution in [0.1, 0.15) is 24.8 Å². The monoisotopic (exact) mass is 348 g/mol. The molecule has 122 valence electrons. The van der Waals surface area contributed by atoms with Crippen molar-refractivity contribution in [2.45, 2.75) is 25.8 Å². The van der Waals surface area contributed by atoms with Crippen molar-refractivity contribution in [2.24, 2.45) is 0 Å². The molecule has 0 radical (unpaired) electrons. The van der Waals surface area contributed by atoms with Gasteiger partial charge >= 0.3 is 0 Å². The fraction of sp³-hybridized carbons (Fsp3) is 0.368. The lowest BCUT2D eigenvalue weighted by molar-refractivity contribution is 0.212. The van der Waals surface area contributed by atoms with Gasteiger partial charge in [-0.15, -0.1) is 0 Å². The van der Waals surface area contributed by atoms with Gasteiger partial charge in [-0.05, 0) is 49.2 Å². The summed E-state index contributed by atoms with van der Waals surface area (Å²) in [5.74, 6) is 0. The third-order valence-corrected chi connectivity index (χ3v) is 4.87. The van der Waals surface area contributed by atoms with Crippen molar-refractivity contribution < 1.29 is 0 Å². The van der Waals surface area contributed by atoms with E-state index in [-0.39, 0.29) is 0 Å². The topological polar surface area (TPSA) is 15.3 Å². The highest BCUT2D eigenvalue weighted by atomic mass is 35.5. The van der Waals surface area contributed by atoms with Crippen LogP contribution >= 0.6 is 23.2 Å². The molecule has 1 saturated heterocycles. The lowest BCUT2D eigenvalue weighted by Gasteiger charge is -2.26.